The summed E-state index contributed by atoms with van der Waals surface area (Å²) in [7, 11) is 0. The van der Waals surface area contributed by atoms with E-state index in [2.05, 4.69) is 15.3 Å². The zero-order chi connectivity index (χ0) is 11.7. The summed E-state index contributed by atoms with van der Waals surface area (Å²) >= 11 is 0. The van der Waals surface area contributed by atoms with E-state index in [1.54, 1.807) is 40.3 Å². The minimum absolute atomic E-state index is 0.0452. The number of rotatable bonds is 2. The van der Waals surface area contributed by atoms with E-state index in [0.717, 1.165) is 0 Å². The lowest BCUT2D eigenvalue weighted by atomic mass is 10.1. The minimum Gasteiger partial charge on any atom is -0.334 e. The molecule has 0 radical (unpaired) electrons. The van der Waals surface area contributed by atoms with Crippen molar-refractivity contribution in [3.05, 3.63) is 42.5 Å². The van der Waals surface area contributed by atoms with E-state index in [0.29, 0.717) is 18.7 Å². The van der Waals surface area contributed by atoms with Crippen LogP contribution in [0.25, 0.3) is 0 Å². The highest BCUT2D eigenvalue weighted by Crippen LogP contribution is 2.21. The molecular weight excluding hydrogens is 218 g/mol. The lowest BCUT2D eigenvalue weighted by Crippen LogP contribution is -2.50. The average molecular weight is 229 g/mol. The number of aromatic nitrogens is 4. The SMILES string of the molecule is O=C(c1ccncc1)N1CC(n2ccnn2)C1. The lowest BCUT2D eigenvalue weighted by molar-refractivity contribution is 0.0498. The predicted molar refractivity (Wildman–Crippen MR) is 59.2 cm³/mol. The van der Waals surface area contributed by atoms with Gasteiger partial charge in [-0.25, -0.2) is 4.68 Å². The molecule has 3 heterocycles. The Kier molecular flexibility index (Phi) is 2.32. The van der Waals surface area contributed by atoms with Crippen molar-refractivity contribution < 1.29 is 4.79 Å². The number of carbonyl (C=O) groups is 1. The average Bonchev–Trinajstić information content (AvgIpc) is 2.82. The number of likely N-dealkylation sites (tertiary alicyclic amines) is 1. The first-order valence-electron chi connectivity index (χ1n) is 5.40. The molecule has 3 rings (SSSR count). The Morgan fingerprint density at radius 3 is 2.65 bits per heavy atom. The summed E-state index contributed by atoms with van der Waals surface area (Å²) in [5, 5.41) is 7.68. The third kappa shape index (κ3) is 1.77. The van der Waals surface area contributed by atoms with Gasteiger partial charge in [0.05, 0.1) is 12.2 Å². The van der Waals surface area contributed by atoms with Crippen LogP contribution < -0.4 is 0 Å². The molecule has 0 saturated carbocycles. The van der Waals surface area contributed by atoms with Crippen LogP contribution >= 0.6 is 0 Å². The zero-order valence-electron chi connectivity index (χ0n) is 9.10. The summed E-state index contributed by atoms with van der Waals surface area (Å²) in [4.78, 5) is 17.7. The van der Waals surface area contributed by atoms with Crippen molar-refractivity contribution in [1.82, 2.24) is 24.9 Å². The summed E-state index contributed by atoms with van der Waals surface area (Å²) in [6.45, 7) is 1.37. The Hall–Kier alpha value is -2.24. The van der Waals surface area contributed by atoms with E-state index in [1.165, 1.54) is 0 Å². The standard InChI is InChI=1S/C11H11N5O/c17-11(9-1-3-12-4-2-9)15-7-10(8-15)16-6-5-13-14-16/h1-6,10H,7-8H2. The molecule has 0 N–H and O–H groups in total. The first-order chi connectivity index (χ1) is 8.34. The fraction of sp³-hybridized carbons (Fsp3) is 0.273. The van der Waals surface area contributed by atoms with Gasteiger partial charge in [-0.05, 0) is 12.1 Å². The fourth-order valence-corrected chi connectivity index (χ4v) is 1.88. The minimum atomic E-state index is 0.0452. The van der Waals surface area contributed by atoms with Gasteiger partial charge >= 0.3 is 0 Å². The van der Waals surface area contributed by atoms with Gasteiger partial charge in [0.25, 0.3) is 5.91 Å². The maximum absolute atomic E-state index is 12.0. The van der Waals surface area contributed by atoms with Crippen molar-refractivity contribution in [1.29, 1.82) is 0 Å². The topological polar surface area (TPSA) is 63.9 Å². The summed E-state index contributed by atoms with van der Waals surface area (Å²) in [6.07, 6.45) is 6.72. The molecule has 0 aliphatic carbocycles. The Balaban J connectivity index is 1.65. The number of pyridine rings is 1. The summed E-state index contributed by atoms with van der Waals surface area (Å²) < 4.78 is 1.79. The van der Waals surface area contributed by atoms with E-state index in [4.69, 9.17) is 0 Å². The highest BCUT2D eigenvalue weighted by molar-refractivity contribution is 5.94. The van der Waals surface area contributed by atoms with Gasteiger partial charge in [-0.3, -0.25) is 9.78 Å². The Bertz CT molecular complexity index is 504. The van der Waals surface area contributed by atoms with Gasteiger partial charge in [-0.1, -0.05) is 5.21 Å². The Morgan fingerprint density at radius 2 is 2.00 bits per heavy atom. The van der Waals surface area contributed by atoms with Crippen molar-refractivity contribution in [2.45, 2.75) is 6.04 Å². The molecule has 1 aliphatic rings. The molecular formula is C11H11N5O. The Morgan fingerprint density at radius 1 is 1.24 bits per heavy atom. The van der Waals surface area contributed by atoms with Crippen LogP contribution in [0, 0.1) is 0 Å². The first-order valence-corrected chi connectivity index (χ1v) is 5.40. The van der Waals surface area contributed by atoms with Crippen LogP contribution in [-0.2, 0) is 0 Å². The molecule has 1 aliphatic heterocycles. The normalized spacial score (nSPS) is 15.6. The lowest BCUT2D eigenvalue weighted by Gasteiger charge is -2.38. The van der Waals surface area contributed by atoms with Crippen LogP contribution in [0.15, 0.2) is 36.9 Å². The smallest absolute Gasteiger partial charge is 0.254 e. The summed E-state index contributed by atoms with van der Waals surface area (Å²) in [5.41, 5.74) is 0.678. The first kappa shape index (κ1) is 9.95. The van der Waals surface area contributed by atoms with Gasteiger partial charge in [0.15, 0.2) is 0 Å². The van der Waals surface area contributed by atoms with Crippen LogP contribution in [0.1, 0.15) is 16.4 Å². The number of carbonyl (C=O) groups excluding carboxylic acids is 1. The van der Waals surface area contributed by atoms with Crippen molar-refractivity contribution in [2.24, 2.45) is 0 Å². The Labute approximate surface area is 97.9 Å². The summed E-state index contributed by atoms with van der Waals surface area (Å²) in [6, 6.07) is 3.71. The molecule has 0 unspecified atom stereocenters. The van der Waals surface area contributed by atoms with Crippen LogP contribution in [0.2, 0.25) is 0 Å². The molecule has 2 aromatic heterocycles. The second-order valence-electron chi connectivity index (χ2n) is 3.98. The molecule has 1 amide bonds. The van der Waals surface area contributed by atoms with Gasteiger partial charge in [0.2, 0.25) is 0 Å². The fourth-order valence-electron chi connectivity index (χ4n) is 1.88. The maximum Gasteiger partial charge on any atom is 0.254 e. The van der Waals surface area contributed by atoms with Crippen molar-refractivity contribution in [3.63, 3.8) is 0 Å². The van der Waals surface area contributed by atoms with Crippen molar-refractivity contribution in [3.8, 4) is 0 Å². The van der Waals surface area contributed by atoms with Gasteiger partial charge in [0, 0.05) is 37.2 Å². The van der Waals surface area contributed by atoms with E-state index in [-0.39, 0.29) is 11.9 Å². The molecule has 0 spiro atoms. The third-order valence-corrected chi connectivity index (χ3v) is 2.89. The highest BCUT2D eigenvalue weighted by atomic mass is 16.2. The maximum atomic E-state index is 12.0. The number of hydrogen-bond acceptors (Lipinski definition) is 4. The van der Waals surface area contributed by atoms with Crippen LogP contribution in [0.3, 0.4) is 0 Å². The van der Waals surface area contributed by atoms with Gasteiger partial charge in [-0.15, -0.1) is 5.10 Å². The number of hydrogen-bond donors (Lipinski definition) is 0. The second kappa shape index (κ2) is 3.97. The molecule has 0 atom stereocenters. The predicted octanol–water partition coefficient (Wildman–Crippen LogP) is 0.370. The second-order valence-corrected chi connectivity index (χ2v) is 3.98. The van der Waals surface area contributed by atoms with Gasteiger partial charge < -0.3 is 4.90 Å². The van der Waals surface area contributed by atoms with E-state index >= 15 is 0 Å². The van der Waals surface area contributed by atoms with Crippen LogP contribution in [-0.4, -0.2) is 43.9 Å². The largest absolute Gasteiger partial charge is 0.334 e. The van der Waals surface area contributed by atoms with E-state index in [1.807, 2.05) is 6.20 Å². The van der Waals surface area contributed by atoms with Crippen LogP contribution in [0.5, 0.6) is 0 Å². The van der Waals surface area contributed by atoms with Gasteiger partial charge in [-0.2, -0.15) is 0 Å². The van der Waals surface area contributed by atoms with E-state index in [9.17, 15) is 4.79 Å². The van der Waals surface area contributed by atoms with Crippen molar-refractivity contribution >= 4 is 5.91 Å². The third-order valence-electron chi connectivity index (χ3n) is 2.89. The molecule has 6 nitrogen and oxygen atoms in total. The number of nitrogens with zero attached hydrogens (tertiary/aromatic N) is 5. The highest BCUT2D eigenvalue weighted by Gasteiger charge is 2.32. The zero-order valence-corrected chi connectivity index (χ0v) is 9.10. The quantitative estimate of drug-likeness (QED) is 0.746. The molecule has 86 valence electrons. The van der Waals surface area contributed by atoms with Crippen LogP contribution in [0.4, 0.5) is 0 Å². The monoisotopic (exact) mass is 229 g/mol. The molecule has 0 bridgehead atoms. The van der Waals surface area contributed by atoms with Crippen molar-refractivity contribution in [2.75, 3.05) is 13.1 Å². The molecule has 6 heteroatoms. The van der Waals surface area contributed by atoms with Gasteiger partial charge in [0.1, 0.15) is 0 Å². The molecule has 17 heavy (non-hydrogen) atoms. The number of amides is 1. The molecule has 0 aromatic carbocycles. The molecule has 1 saturated heterocycles. The molecule has 1 fully saturated rings. The van der Waals surface area contributed by atoms with E-state index < -0.39 is 0 Å². The molecule has 2 aromatic rings. The summed E-state index contributed by atoms with van der Waals surface area (Å²) in [5.74, 6) is 0.0452.